The number of para-hydroxylation sites is 2. The molecular weight excluding hydrogens is 1850 g/mol. The number of benzene rings is 4. The standard InChI is InChI=1S/C61H97NO14.C18H23NO7.C12H14O3.C12H22O2.C8H14O2.3CH4/c1-11-15-25-47(12-2)45-75-54(64)48(13-3)26-19-20-27-50(55(65)72-39-38-62-58(68)74-43-41-71-52-33-31-49(32-34-52)53(63)59(7,8)69)28-21-22-36-61(10,57(67)73-42-40-70-51-29-17-16-18-30-51)37-24-23-35-60(9,14-4)56(66)76-44-46(5)6;1-4-15(20)25-10-9-19-17(22)26-12-11-24-14-7-5-13(6-8-14)16(21)18(2,3)23;1-10(2)12(13)15-9-8-14-11-6-4-3-5-7-11;1-5-7-8-11(6-2)9-14-12(13)10(3)4;1-6(2)5-10-8(9)7(3)4;;;/h16-18,29-34,46-48,50,69H,11-15,19-28,35-45H2,1-10H3,(H,62,68);4-8,23H,1,9-12H2,2-3H3,(H,19,22);3-7H,1,8-9H2,2H3;11H,3,5-9H2,1-2,4H3;6H,3,5H2,1-2,4H3;3*1H4. The second-order valence-corrected chi connectivity index (χ2v) is 37.2. The Labute approximate surface area is 862 Å². The van der Waals surface area contributed by atoms with Crippen LogP contribution in [-0.4, -0.2) is 199 Å². The van der Waals surface area contributed by atoms with Gasteiger partial charge in [-0.25, -0.2) is 28.8 Å². The van der Waals surface area contributed by atoms with Gasteiger partial charge in [-0.05, 0) is 223 Å². The number of nitrogens with one attached hydrogen (secondary N) is 2. The molecular formula is C114H182N2O28. The van der Waals surface area contributed by atoms with Crippen molar-refractivity contribution in [3.63, 3.8) is 0 Å². The van der Waals surface area contributed by atoms with Crippen LogP contribution in [0.25, 0.3) is 0 Å². The molecule has 0 fully saturated rings. The Balaban J connectivity index is -0.00000115. The number of Topliss-reactive ketones (excluding diaryl/α,β-unsaturated/α-hetero) is 2. The van der Waals surface area contributed by atoms with Gasteiger partial charge in [-0.15, -0.1) is 0 Å². The Bertz CT molecular complexity index is 4270. The van der Waals surface area contributed by atoms with Gasteiger partial charge < -0.3 is 87.2 Å². The van der Waals surface area contributed by atoms with Crippen LogP contribution in [0.1, 0.15) is 316 Å². The van der Waals surface area contributed by atoms with Crippen LogP contribution in [-0.2, 0) is 85.7 Å². The minimum Gasteiger partial charge on any atom is -0.490 e. The number of aliphatic hydroxyl groups is 2. The molecule has 30 heteroatoms. The molecule has 0 heterocycles. The molecule has 6 atom stereocenters. The molecule has 0 aliphatic heterocycles. The molecule has 6 unspecified atom stereocenters. The molecule has 2 amide bonds. The highest BCUT2D eigenvalue weighted by atomic mass is 16.6. The summed E-state index contributed by atoms with van der Waals surface area (Å²) in [6.07, 6.45) is 17.5. The summed E-state index contributed by atoms with van der Waals surface area (Å²) in [7, 11) is 0. The minimum atomic E-state index is -1.50. The van der Waals surface area contributed by atoms with Gasteiger partial charge in [-0.1, -0.05) is 231 Å². The van der Waals surface area contributed by atoms with Crippen LogP contribution in [0.2, 0.25) is 0 Å². The molecule has 0 spiro atoms. The maximum absolute atomic E-state index is 13.9. The van der Waals surface area contributed by atoms with E-state index in [0.717, 1.165) is 63.2 Å². The highest BCUT2D eigenvalue weighted by Crippen LogP contribution is 2.37. The number of alkyl carbamates (subject to hydrolysis) is 2. The van der Waals surface area contributed by atoms with Crippen LogP contribution in [0.4, 0.5) is 9.59 Å². The van der Waals surface area contributed by atoms with Crippen molar-refractivity contribution in [2.24, 2.45) is 46.3 Å². The summed E-state index contributed by atoms with van der Waals surface area (Å²) in [5.41, 5.74) is -2.32. The number of unbranched alkanes of at least 4 members (excludes halogenated alkanes) is 5. The molecule has 0 radical (unpaired) electrons. The summed E-state index contributed by atoms with van der Waals surface area (Å²) < 4.78 is 74.7. The largest absolute Gasteiger partial charge is 0.490 e. The van der Waals surface area contributed by atoms with Gasteiger partial charge in [0.15, 0.2) is 11.6 Å². The normalized spacial score (nSPS) is 12.3. The van der Waals surface area contributed by atoms with Crippen molar-refractivity contribution in [1.82, 2.24) is 10.6 Å². The molecule has 0 saturated carbocycles. The van der Waals surface area contributed by atoms with Crippen LogP contribution < -0.4 is 29.6 Å². The highest BCUT2D eigenvalue weighted by molar-refractivity contribution is 6.02. The number of hydrogen-bond donors (Lipinski definition) is 4. The summed E-state index contributed by atoms with van der Waals surface area (Å²) >= 11 is 0. The monoisotopic (exact) mass is 2030 g/mol. The molecule has 0 aromatic heterocycles. The Morgan fingerprint density at radius 2 is 0.688 bits per heavy atom. The summed E-state index contributed by atoms with van der Waals surface area (Å²) in [5, 5.41) is 24.7. The van der Waals surface area contributed by atoms with E-state index in [9.17, 15) is 67.7 Å². The van der Waals surface area contributed by atoms with E-state index < -0.39 is 51.9 Å². The third-order valence-electron chi connectivity index (χ3n) is 22.2. The fraction of sp³-hybridized carbons (Fsp3) is 0.614. The number of rotatable bonds is 67. The lowest BCUT2D eigenvalue weighted by Gasteiger charge is -2.29. The quantitative estimate of drug-likeness (QED) is 0.0105. The highest BCUT2D eigenvalue weighted by Gasteiger charge is 2.37. The van der Waals surface area contributed by atoms with Crippen molar-refractivity contribution in [2.45, 2.75) is 306 Å². The molecule has 0 bridgehead atoms. The van der Waals surface area contributed by atoms with E-state index in [0.29, 0.717) is 173 Å². The summed E-state index contributed by atoms with van der Waals surface area (Å²) in [5.74, 6) is -0.0846. The van der Waals surface area contributed by atoms with Gasteiger partial charge in [-0.2, -0.15) is 0 Å². The fourth-order valence-electron chi connectivity index (χ4n) is 13.1. The Morgan fingerprint density at radius 1 is 0.354 bits per heavy atom. The predicted octanol–water partition coefficient (Wildman–Crippen LogP) is 23.3. The summed E-state index contributed by atoms with van der Waals surface area (Å²) in [4.78, 5) is 145. The number of hydrogen-bond acceptors (Lipinski definition) is 28. The van der Waals surface area contributed by atoms with E-state index in [-0.39, 0.29) is 154 Å². The first-order chi connectivity index (χ1) is 66.8. The van der Waals surface area contributed by atoms with E-state index in [1.807, 2.05) is 116 Å². The van der Waals surface area contributed by atoms with Crippen molar-refractivity contribution in [2.75, 3.05) is 106 Å². The van der Waals surface area contributed by atoms with Crippen LogP contribution in [0.3, 0.4) is 0 Å². The second-order valence-electron chi connectivity index (χ2n) is 37.2. The number of ether oxygens (including phenoxy) is 14. The van der Waals surface area contributed by atoms with E-state index in [4.69, 9.17) is 61.6 Å². The first-order valence-electron chi connectivity index (χ1n) is 49.9. The average Bonchev–Trinajstić information content (AvgIpc) is 0.847. The van der Waals surface area contributed by atoms with Crippen molar-refractivity contribution >= 4 is 71.5 Å². The van der Waals surface area contributed by atoms with Crippen LogP contribution >= 0.6 is 0 Å². The minimum absolute atomic E-state index is 0. The molecule has 0 aliphatic rings. The smallest absolute Gasteiger partial charge is 0.407 e. The number of amides is 2. The van der Waals surface area contributed by atoms with Crippen molar-refractivity contribution in [3.05, 3.63) is 169 Å². The maximum atomic E-state index is 13.9. The maximum Gasteiger partial charge on any atom is 0.407 e. The van der Waals surface area contributed by atoms with E-state index >= 15 is 0 Å². The van der Waals surface area contributed by atoms with Crippen LogP contribution in [0.5, 0.6) is 23.0 Å². The number of carbonyl (C=O) groups excluding carboxylic acids is 12. The van der Waals surface area contributed by atoms with Crippen molar-refractivity contribution in [1.29, 1.82) is 0 Å². The van der Waals surface area contributed by atoms with Gasteiger partial charge in [0.05, 0.1) is 62.2 Å². The topological polar surface area (TPSA) is 399 Å². The SMILES string of the molecule is C.C.C.C=C(C)C(=O)OCC(C)C.C=C(C)C(=O)OCC(CC)CCCC.C=C(C)C(=O)OCCOc1ccccc1.C=CC(=O)OCCNC(=O)OCCOc1ccc(C(=O)C(C)(C)O)cc1.CCCCC(CC)COC(=O)C(CC)CCCCC(CCCCC(C)(CCCCC(C)(CC)C(=O)OCC(C)C)C(=O)OCCOc1ccccc1)C(=O)OCCNC(=O)OCCOc1ccc(C(=O)C(C)(C)O)cc1. The first kappa shape index (κ1) is 139. The predicted molar refractivity (Wildman–Crippen MR) is 566 cm³/mol. The van der Waals surface area contributed by atoms with Gasteiger partial charge in [0.2, 0.25) is 0 Å². The van der Waals surface area contributed by atoms with Crippen molar-refractivity contribution in [3.8, 4) is 23.0 Å². The second kappa shape index (κ2) is 80.9. The lowest BCUT2D eigenvalue weighted by Crippen LogP contribution is -2.32. The van der Waals surface area contributed by atoms with Crippen molar-refractivity contribution < 1.29 is 134 Å². The molecule has 144 heavy (non-hydrogen) atoms. The summed E-state index contributed by atoms with van der Waals surface area (Å²) in [6.45, 7) is 51.8. The number of esters is 8. The zero-order valence-electron chi connectivity index (χ0n) is 88.1. The average molecular weight is 2030 g/mol. The molecule has 0 saturated heterocycles. The van der Waals surface area contributed by atoms with Gasteiger partial charge >= 0.3 is 59.9 Å². The van der Waals surface area contributed by atoms with Gasteiger partial charge in [-0.3, -0.25) is 28.8 Å². The Morgan fingerprint density at radius 3 is 1.06 bits per heavy atom. The first-order valence-corrected chi connectivity index (χ1v) is 49.9. The zero-order chi connectivity index (χ0) is 106. The van der Waals surface area contributed by atoms with Crippen LogP contribution in [0.15, 0.2) is 158 Å². The van der Waals surface area contributed by atoms with E-state index in [2.05, 4.69) is 69.4 Å². The molecule has 4 rings (SSSR count). The third kappa shape index (κ3) is 66.5. The van der Waals surface area contributed by atoms with E-state index in [1.165, 1.54) is 40.5 Å². The van der Waals surface area contributed by atoms with Crippen LogP contribution in [0, 0.1) is 46.3 Å². The number of carbonyl (C=O) groups is 12. The summed E-state index contributed by atoms with van der Waals surface area (Å²) in [6, 6.07) is 31.3. The molecule has 4 N–H and O–H groups in total. The Kier molecular flexibility index (Phi) is 78.0. The molecule has 30 nitrogen and oxygen atoms in total. The lowest BCUT2D eigenvalue weighted by molar-refractivity contribution is -0.158. The van der Waals surface area contributed by atoms with Gasteiger partial charge in [0.1, 0.15) is 100 Å². The van der Waals surface area contributed by atoms with Gasteiger partial charge in [0, 0.05) is 33.9 Å². The van der Waals surface area contributed by atoms with Gasteiger partial charge in [0.25, 0.3) is 0 Å². The molecule has 816 valence electrons. The Hall–Kier alpha value is -11.4. The molecule has 4 aromatic carbocycles. The third-order valence-corrected chi connectivity index (χ3v) is 22.2. The molecule has 0 aliphatic carbocycles. The fourth-order valence-corrected chi connectivity index (χ4v) is 13.1. The molecule has 4 aromatic rings. The number of ketones is 2. The van der Waals surface area contributed by atoms with E-state index in [1.54, 1.807) is 69.3 Å². The zero-order valence-corrected chi connectivity index (χ0v) is 88.1. The lowest BCUT2D eigenvalue weighted by atomic mass is 9.77.